The van der Waals surface area contributed by atoms with E-state index in [0.717, 1.165) is 17.9 Å². The van der Waals surface area contributed by atoms with Crippen molar-refractivity contribution in [2.45, 2.75) is 59.9 Å². The average Bonchev–Trinajstić information content (AvgIpc) is 2.87. The van der Waals surface area contributed by atoms with E-state index in [1.165, 1.54) is 25.8 Å². The Kier molecular flexibility index (Phi) is 4.00. The van der Waals surface area contributed by atoms with Crippen LogP contribution < -0.4 is 5.32 Å². The number of nitrogens with one attached hydrogen (secondary N) is 1. The van der Waals surface area contributed by atoms with Gasteiger partial charge in [0.1, 0.15) is 0 Å². The summed E-state index contributed by atoms with van der Waals surface area (Å²) in [6.45, 7) is 12.8. The summed E-state index contributed by atoms with van der Waals surface area (Å²) in [6, 6.07) is 0.791. The van der Waals surface area contributed by atoms with Gasteiger partial charge in [-0.3, -0.25) is 0 Å². The second-order valence-corrected chi connectivity index (χ2v) is 6.03. The van der Waals surface area contributed by atoms with Gasteiger partial charge in [0, 0.05) is 6.04 Å². The van der Waals surface area contributed by atoms with Crippen LogP contribution in [0.1, 0.15) is 53.9 Å². The highest BCUT2D eigenvalue weighted by Crippen LogP contribution is 2.34. The van der Waals surface area contributed by atoms with Crippen LogP contribution >= 0.6 is 0 Å². The van der Waals surface area contributed by atoms with E-state index in [1.807, 2.05) is 0 Å². The number of hydrogen-bond donors (Lipinski definition) is 1. The molecule has 1 N–H and O–H groups in total. The van der Waals surface area contributed by atoms with Gasteiger partial charge in [-0.2, -0.15) is 0 Å². The molecule has 0 spiro atoms. The van der Waals surface area contributed by atoms with Gasteiger partial charge in [0.25, 0.3) is 0 Å². The fraction of sp³-hybridized carbons (Fsp3) is 1.00. The van der Waals surface area contributed by atoms with Gasteiger partial charge in [0.2, 0.25) is 0 Å². The molecule has 1 heteroatoms. The Morgan fingerprint density at radius 1 is 1.29 bits per heavy atom. The van der Waals surface area contributed by atoms with Gasteiger partial charge < -0.3 is 5.32 Å². The normalized spacial score (nSPS) is 22.1. The van der Waals surface area contributed by atoms with Gasteiger partial charge >= 0.3 is 0 Å². The van der Waals surface area contributed by atoms with Crippen molar-refractivity contribution < 1.29 is 0 Å². The Morgan fingerprint density at radius 2 is 1.86 bits per heavy atom. The van der Waals surface area contributed by atoms with Crippen LogP contribution in [0.3, 0.4) is 0 Å². The number of hydrogen-bond acceptors (Lipinski definition) is 1. The molecule has 84 valence electrons. The van der Waals surface area contributed by atoms with Crippen LogP contribution in [0, 0.1) is 17.3 Å². The van der Waals surface area contributed by atoms with Crippen LogP contribution in [0.2, 0.25) is 0 Å². The van der Waals surface area contributed by atoms with E-state index in [1.54, 1.807) is 0 Å². The predicted octanol–water partition coefficient (Wildman–Crippen LogP) is 3.45. The van der Waals surface area contributed by atoms with Crippen LogP contribution in [-0.4, -0.2) is 12.6 Å². The Bertz CT molecular complexity index is 163. The molecule has 2 unspecified atom stereocenters. The lowest BCUT2D eigenvalue weighted by Crippen LogP contribution is -2.37. The molecule has 1 aliphatic rings. The van der Waals surface area contributed by atoms with Crippen molar-refractivity contribution in [1.82, 2.24) is 5.32 Å². The molecule has 1 fully saturated rings. The fourth-order valence-electron chi connectivity index (χ4n) is 1.78. The van der Waals surface area contributed by atoms with Crippen molar-refractivity contribution in [3.8, 4) is 0 Å². The summed E-state index contributed by atoms with van der Waals surface area (Å²) >= 11 is 0. The van der Waals surface area contributed by atoms with E-state index in [2.05, 4.69) is 39.9 Å². The molecule has 14 heavy (non-hydrogen) atoms. The molecular weight excluding hydrogens is 170 g/mol. The van der Waals surface area contributed by atoms with Gasteiger partial charge in [-0.25, -0.2) is 0 Å². The highest BCUT2D eigenvalue weighted by molar-refractivity contribution is 4.86. The van der Waals surface area contributed by atoms with Crippen molar-refractivity contribution in [2.24, 2.45) is 17.3 Å². The zero-order chi connectivity index (χ0) is 10.8. The van der Waals surface area contributed by atoms with E-state index in [0.29, 0.717) is 5.41 Å². The quantitative estimate of drug-likeness (QED) is 0.712. The molecule has 1 nitrogen and oxygen atoms in total. The first-order valence-electron chi connectivity index (χ1n) is 6.18. The molecule has 0 amide bonds. The first kappa shape index (κ1) is 12.0. The molecule has 0 aliphatic heterocycles. The first-order valence-corrected chi connectivity index (χ1v) is 6.18. The third-order valence-electron chi connectivity index (χ3n) is 3.80. The Morgan fingerprint density at radius 3 is 2.21 bits per heavy atom. The minimum atomic E-state index is 0.439. The van der Waals surface area contributed by atoms with Crippen LogP contribution in [0.4, 0.5) is 0 Å². The second kappa shape index (κ2) is 4.65. The van der Waals surface area contributed by atoms with Crippen LogP contribution in [0.25, 0.3) is 0 Å². The maximum Gasteiger partial charge on any atom is 0.00928 e. The maximum atomic E-state index is 3.74. The van der Waals surface area contributed by atoms with Gasteiger partial charge in [0.05, 0.1) is 0 Å². The highest BCUT2D eigenvalue weighted by Gasteiger charge is 2.30. The lowest BCUT2D eigenvalue weighted by atomic mass is 9.82. The summed E-state index contributed by atoms with van der Waals surface area (Å²) in [5.41, 5.74) is 0.439. The molecule has 1 aliphatic carbocycles. The molecule has 1 saturated carbocycles. The lowest BCUT2D eigenvalue weighted by molar-refractivity contribution is 0.240. The SMILES string of the molecule is CCC(NCC(C)C(C)(C)C)C1CC1. The third-order valence-corrected chi connectivity index (χ3v) is 3.80. The largest absolute Gasteiger partial charge is 0.313 e. The van der Waals surface area contributed by atoms with Gasteiger partial charge in [0.15, 0.2) is 0 Å². The third kappa shape index (κ3) is 3.61. The van der Waals surface area contributed by atoms with Crippen LogP contribution in [0.5, 0.6) is 0 Å². The molecule has 0 radical (unpaired) electrons. The Labute approximate surface area is 89.7 Å². The lowest BCUT2D eigenvalue weighted by Gasteiger charge is -2.29. The summed E-state index contributed by atoms with van der Waals surface area (Å²) in [4.78, 5) is 0. The number of rotatable bonds is 5. The van der Waals surface area contributed by atoms with Crippen molar-refractivity contribution in [2.75, 3.05) is 6.54 Å². The standard InChI is InChI=1S/C13H27N/c1-6-12(11-7-8-11)14-9-10(2)13(3,4)5/h10-12,14H,6-9H2,1-5H3. The fourth-order valence-corrected chi connectivity index (χ4v) is 1.78. The topological polar surface area (TPSA) is 12.0 Å². The Balaban J connectivity index is 2.24. The van der Waals surface area contributed by atoms with Crippen molar-refractivity contribution >= 4 is 0 Å². The summed E-state index contributed by atoms with van der Waals surface area (Å²) in [7, 11) is 0. The zero-order valence-corrected chi connectivity index (χ0v) is 10.6. The molecule has 0 aromatic heterocycles. The van der Waals surface area contributed by atoms with Gasteiger partial charge in [-0.15, -0.1) is 0 Å². The van der Waals surface area contributed by atoms with E-state index in [-0.39, 0.29) is 0 Å². The molecule has 2 atom stereocenters. The van der Waals surface area contributed by atoms with Crippen molar-refractivity contribution in [3.05, 3.63) is 0 Å². The Hall–Kier alpha value is -0.0400. The molecular formula is C13H27N. The summed E-state index contributed by atoms with van der Waals surface area (Å²) in [5.74, 6) is 1.75. The van der Waals surface area contributed by atoms with Crippen molar-refractivity contribution in [1.29, 1.82) is 0 Å². The minimum Gasteiger partial charge on any atom is -0.313 e. The maximum absolute atomic E-state index is 3.74. The van der Waals surface area contributed by atoms with E-state index in [4.69, 9.17) is 0 Å². The zero-order valence-electron chi connectivity index (χ0n) is 10.6. The molecule has 1 rings (SSSR count). The monoisotopic (exact) mass is 197 g/mol. The summed E-state index contributed by atoms with van der Waals surface area (Å²) < 4.78 is 0. The van der Waals surface area contributed by atoms with Crippen LogP contribution in [0.15, 0.2) is 0 Å². The predicted molar refractivity (Wildman–Crippen MR) is 63.4 cm³/mol. The highest BCUT2D eigenvalue weighted by atomic mass is 14.9. The average molecular weight is 197 g/mol. The summed E-state index contributed by atoms with van der Waals surface area (Å²) in [6.07, 6.45) is 4.20. The molecule has 0 bridgehead atoms. The molecule has 0 heterocycles. The molecule has 0 aromatic rings. The van der Waals surface area contributed by atoms with E-state index < -0.39 is 0 Å². The van der Waals surface area contributed by atoms with E-state index >= 15 is 0 Å². The van der Waals surface area contributed by atoms with Gasteiger partial charge in [-0.1, -0.05) is 34.6 Å². The summed E-state index contributed by atoms with van der Waals surface area (Å²) in [5, 5.41) is 3.74. The molecule has 0 aromatic carbocycles. The van der Waals surface area contributed by atoms with E-state index in [9.17, 15) is 0 Å². The second-order valence-electron chi connectivity index (χ2n) is 6.03. The smallest absolute Gasteiger partial charge is 0.00928 e. The first-order chi connectivity index (χ1) is 6.45. The van der Waals surface area contributed by atoms with Gasteiger partial charge in [-0.05, 0) is 43.1 Å². The minimum absolute atomic E-state index is 0.439. The van der Waals surface area contributed by atoms with Crippen LogP contribution in [-0.2, 0) is 0 Å². The molecule has 0 saturated heterocycles. The van der Waals surface area contributed by atoms with Crippen molar-refractivity contribution in [3.63, 3.8) is 0 Å².